The normalized spacial score (nSPS) is 14.0. The Hall–Kier alpha value is -0.0400. The maximum Gasteiger partial charge on any atom is 0.144 e. The molecule has 0 spiro atoms. The van der Waals surface area contributed by atoms with E-state index in [4.69, 9.17) is 14.3 Å². The Labute approximate surface area is 38.7 Å². The molecule has 0 aliphatic carbocycles. The summed E-state index contributed by atoms with van der Waals surface area (Å²) < 4.78 is 12.8. The van der Waals surface area contributed by atoms with Crippen molar-refractivity contribution in [2.24, 2.45) is 0 Å². The predicted octanol–water partition coefficient (Wildman–Crippen LogP) is 0.814. The van der Waals surface area contributed by atoms with E-state index in [-0.39, 0.29) is 5.88 Å². The zero-order chi connectivity index (χ0) is 5.86. The maximum atomic E-state index is 10.0. The minimum Gasteiger partial charge on any atom is -0.299 e. The first-order valence-electron chi connectivity index (χ1n) is 2.27. The van der Waals surface area contributed by atoms with Crippen LogP contribution < -0.4 is 0 Å². The average molecular weight is 94.5 g/mol. The van der Waals surface area contributed by atoms with E-state index >= 15 is 0 Å². The lowest BCUT2D eigenvalue weighted by Gasteiger charge is -1.69. The molecule has 30 valence electrons. The molecule has 0 unspecified atom stereocenters. The lowest BCUT2D eigenvalue weighted by Crippen LogP contribution is -1.86. The molecule has 1 nitrogen and oxygen atoms in total. The molecule has 5 heavy (non-hydrogen) atoms. The molecule has 0 rings (SSSR count). The second kappa shape index (κ2) is 2.21. The van der Waals surface area contributed by atoms with Crippen LogP contribution >= 0.6 is 11.6 Å². The number of alkyl halides is 1. The molecule has 0 radical (unpaired) electrons. The van der Waals surface area contributed by atoms with Crippen LogP contribution in [0.25, 0.3) is 0 Å². The van der Waals surface area contributed by atoms with Crippen LogP contribution in [0.2, 0.25) is 0 Å². The van der Waals surface area contributed by atoms with E-state index < -0.39 is 12.7 Å². The van der Waals surface area contributed by atoms with E-state index in [1.807, 2.05) is 0 Å². The van der Waals surface area contributed by atoms with Crippen LogP contribution in [0.3, 0.4) is 0 Å². The Kier molecular flexibility index (Phi) is 0.969. The van der Waals surface area contributed by atoms with Crippen molar-refractivity contribution in [1.82, 2.24) is 0 Å². The first-order valence-corrected chi connectivity index (χ1v) is 1.65. The monoisotopic (exact) mass is 94.0 g/mol. The first kappa shape index (κ1) is 2.19. The van der Waals surface area contributed by atoms with Crippen molar-refractivity contribution in [3.8, 4) is 0 Å². The number of hydrogen-bond donors (Lipinski definition) is 0. The molecule has 0 atom stereocenters. The molecule has 0 aromatic carbocycles. The molecule has 0 fully saturated rings. The maximum absolute atomic E-state index is 10.0. The summed E-state index contributed by atoms with van der Waals surface area (Å²) in [6.45, 7) is -1.41. The predicted molar refractivity (Wildman–Crippen MR) is 21.4 cm³/mol. The van der Waals surface area contributed by atoms with Crippen molar-refractivity contribution < 1.29 is 7.54 Å². The van der Waals surface area contributed by atoms with Crippen molar-refractivity contribution >= 4 is 17.4 Å². The highest BCUT2D eigenvalue weighted by molar-refractivity contribution is 6.27. The van der Waals surface area contributed by atoms with E-state index in [1.54, 1.807) is 0 Å². The molecule has 0 saturated heterocycles. The summed E-state index contributed by atoms with van der Waals surface area (Å²) in [5.41, 5.74) is 0. The summed E-state index contributed by atoms with van der Waals surface area (Å²) in [7, 11) is 0. The summed E-state index contributed by atoms with van der Waals surface area (Å²) in [6.07, 6.45) is 0. The lowest BCUT2D eigenvalue weighted by molar-refractivity contribution is -0.114. The Morgan fingerprint density at radius 1 is 2.40 bits per heavy atom. The van der Waals surface area contributed by atoms with E-state index in [0.29, 0.717) is 0 Å². The van der Waals surface area contributed by atoms with Gasteiger partial charge in [0.25, 0.3) is 0 Å². The summed E-state index contributed by atoms with van der Waals surface area (Å²) >= 11 is 4.96. The second-order valence-corrected chi connectivity index (χ2v) is 0.867. The number of carbonyl (C=O) groups excluding carboxylic acids is 1. The third kappa shape index (κ3) is 3.96. The highest BCUT2D eigenvalue weighted by Crippen LogP contribution is 1.71. The fraction of sp³-hybridized carbons (Fsp3) is 0.667. The van der Waals surface area contributed by atoms with Gasteiger partial charge in [-0.15, -0.1) is 11.6 Å². The van der Waals surface area contributed by atoms with Crippen molar-refractivity contribution in [3.05, 3.63) is 0 Å². The molecule has 0 aromatic heterocycles. The number of Topliss-reactive ketones (excluding diaryl/α,β-unsaturated/α-hetero) is 1. The minimum absolute atomic E-state index is 0.225. The van der Waals surface area contributed by atoms with Crippen LogP contribution in [0.5, 0.6) is 0 Å². The Morgan fingerprint density at radius 2 is 3.00 bits per heavy atom. The third-order valence-corrected chi connectivity index (χ3v) is 0.395. The SMILES string of the molecule is [2H]C([2H])C(=O)CCl. The fourth-order valence-corrected chi connectivity index (χ4v) is 0. The van der Waals surface area contributed by atoms with Crippen molar-refractivity contribution in [1.29, 1.82) is 0 Å². The largest absolute Gasteiger partial charge is 0.299 e. The highest BCUT2D eigenvalue weighted by Gasteiger charge is 1.79. The van der Waals surface area contributed by atoms with Crippen LogP contribution in [-0.4, -0.2) is 11.7 Å². The zero-order valence-electron chi connectivity index (χ0n) is 4.57. The van der Waals surface area contributed by atoms with E-state index in [2.05, 4.69) is 0 Å². The van der Waals surface area contributed by atoms with Gasteiger partial charge in [-0.25, -0.2) is 0 Å². The second-order valence-electron chi connectivity index (χ2n) is 0.600. The summed E-state index contributed by atoms with van der Waals surface area (Å²) in [6, 6.07) is 0. The van der Waals surface area contributed by atoms with Gasteiger partial charge in [0.05, 0.1) is 5.88 Å². The molecular formula is C3H5ClO. The van der Waals surface area contributed by atoms with Gasteiger partial charge in [0.1, 0.15) is 5.78 Å². The molecular weight excluding hydrogens is 87.5 g/mol. The lowest BCUT2D eigenvalue weighted by atomic mass is 10.5. The van der Waals surface area contributed by atoms with Crippen LogP contribution in [0.15, 0.2) is 0 Å². The molecule has 0 N–H and O–H groups in total. The van der Waals surface area contributed by atoms with Gasteiger partial charge in [-0.3, -0.25) is 4.79 Å². The Balaban J connectivity index is 3.35. The van der Waals surface area contributed by atoms with Crippen LogP contribution in [0, 0.1) is 0 Å². The van der Waals surface area contributed by atoms with Gasteiger partial charge in [0, 0.05) is 2.74 Å². The van der Waals surface area contributed by atoms with E-state index in [1.165, 1.54) is 0 Å². The molecule has 0 amide bonds. The van der Waals surface area contributed by atoms with Crippen molar-refractivity contribution in [3.63, 3.8) is 0 Å². The van der Waals surface area contributed by atoms with Crippen LogP contribution in [0.4, 0.5) is 0 Å². The van der Waals surface area contributed by atoms with Gasteiger partial charge in [-0.2, -0.15) is 0 Å². The zero-order valence-corrected chi connectivity index (χ0v) is 3.33. The number of hydrogen-bond acceptors (Lipinski definition) is 1. The molecule has 0 bridgehead atoms. The molecule has 2 heteroatoms. The molecule has 0 aliphatic rings. The quantitative estimate of drug-likeness (QED) is 0.440. The highest BCUT2D eigenvalue weighted by atomic mass is 35.5. The fourth-order valence-electron chi connectivity index (χ4n) is 0. The van der Waals surface area contributed by atoms with Gasteiger partial charge in [-0.05, 0) is 6.88 Å². The van der Waals surface area contributed by atoms with E-state index in [0.717, 1.165) is 0 Å². The van der Waals surface area contributed by atoms with Gasteiger partial charge >= 0.3 is 0 Å². The van der Waals surface area contributed by atoms with Gasteiger partial charge in [-0.1, -0.05) is 0 Å². The smallest absolute Gasteiger partial charge is 0.144 e. The molecule has 0 saturated carbocycles. The minimum atomic E-state index is -1.41. The number of rotatable bonds is 1. The topological polar surface area (TPSA) is 17.1 Å². The standard InChI is InChI=1S/C3H5ClO/c1-3(5)2-4/h2H2,1H3/i1D2. The third-order valence-electron chi connectivity index (χ3n) is 0.132. The van der Waals surface area contributed by atoms with Crippen molar-refractivity contribution in [2.75, 3.05) is 5.88 Å². The van der Waals surface area contributed by atoms with Crippen LogP contribution in [0.1, 0.15) is 9.62 Å². The van der Waals surface area contributed by atoms with Gasteiger partial charge in [0.2, 0.25) is 0 Å². The Bertz CT molecular complexity index is 73.3. The number of ketones is 1. The number of carbonyl (C=O) groups is 1. The first-order chi connectivity index (χ1) is 3.18. The number of halogens is 1. The Morgan fingerprint density at radius 3 is 3.00 bits per heavy atom. The summed E-state index contributed by atoms with van der Waals surface area (Å²) in [5, 5.41) is 0. The van der Waals surface area contributed by atoms with Crippen molar-refractivity contribution in [2.45, 2.75) is 6.88 Å². The van der Waals surface area contributed by atoms with Gasteiger partial charge < -0.3 is 0 Å². The van der Waals surface area contributed by atoms with Crippen LogP contribution in [-0.2, 0) is 4.79 Å². The molecule has 0 aliphatic heterocycles. The summed E-state index contributed by atoms with van der Waals surface area (Å²) in [5.74, 6) is -0.779. The summed E-state index contributed by atoms with van der Waals surface area (Å²) in [4.78, 5) is 10.0. The molecule has 0 aromatic rings. The van der Waals surface area contributed by atoms with E-state index in [9.17, 15) is 4.79 Å². The average Bonchev–Trinajstić information content (AvgIpc) is 1.65. The van der Waals surface area contributed by atoms with Gasteiger partial charge in [0.15, 0.2) is 0 Å². The molecule has 0 heterocycles.